The van der Waals surface area contributed by atoms with Gasteiger partial charge in [-0.05, 0) is 56.3 Å². The summed E-state index contributed by atoms with van der Waals surface area (Å²) < 4.78 is 53.5. The molecule has 0 aliphatic carbocycles. The van der Waals surface area contributed by atoms with E-state index < -0.39 is 17.6 Å². The number of likely N-dealkylation sites (N-methyl/N-ethyl adjacent to an activating group) is 1. The maximum absolute atomic E-state index is 14.3. The van der Waals surface area contributed by atoms with Gasteiger partial charge in [-0.2, -0.15) is 13.2 Å². The highest BCUT2D eigenvalue weighted by Crippen LogP contribution is 2.36. The first-order valence-corrected chi connectivity index (χ1v) is 14.7. The van der Waals surface area contributed by atoms with Gasteiger partial charge in [0.2, 0.25) is 0 Å². The van der Waals surface area contributed by atoms with Gasteiger partial charge in [-0.15, -0.1) is 0 Å². The van der Waals surface area contributed by atoms with E-state index in [1.807, 2.05) is 24.8 Å². The van der Waals surface area contributed by atoms with Crippen LogP contribution in [0.4, 0.5) is 27.2 Å². The zero-order valence-corrected chi connectivity index (χ0v) is 25.3. The Balaban J connectivity index is 1.50. The van der Waals surface area contributed by atoms with Crippen molar-refractivity contribution in [3.05, 3.63) is 69.0 Å². The third-order valence-electron chi connectivity index (χ3n) is 8.12. The Hall–Kier alpha value is -2.76. The van der Waals surface area contributed by atoms with Crippen LogP contribution in [0.25, 0.3) is 0 Å². The van der Waals surface area contributed by atoms with E-state index in [0.717, 1.165) is 17.7 Å². The molecule has 7 nitrogen and oxygen atoms in total. The molecule has 2 heterocycles. The number of piperazine rings is 1. The van der Waals surface area contributed by atoms with E-state index in [1.165, 1.54) is 6.07 Å². The van der Waals surface area contributed by atoms with Crippen molar-refractivity contribution < 1.29 is 27.2 Å². The van der Waals surface area contributed by atoms with E-state index >= 15 is 0 Å². The summed E-state index contributed by atoms with van der Waals surface area (Å²) in [7, 11) is 1.80. The van der Waals surface area contributed by atoms with Crippen molar-refractivity contribution in [1.29, 1.82) is 0 Å². The molecule has 2 aliphatic heterocycles. The minimum Gasteiger partial charge on any atom is -0.325 e. The van der Waals surface area contributed by atoms with Crippen molar-refractivity contribution in [3.63, 3.8) is 0 Å². The number of alkyl halides is 3. The molecule has 0 aromatic heterocycles. The number of amides is 4. The van der Waals surface area contributed by atoms with Crippen LogP contribution in [0.3, 0.4) is 0 Å². The van der Waals surface area contributed by atoms with Crippen LogP contribution < -0.4 is 0 Å². The van der Waals surface area contributed by atoms with Gasteiger partial charge in [-0.1, -0.05) is 35.3 Å². The number of hydrogen-bond donors (Lipinski definition) is 0. The average molecular weight is 633 g/mol. The Morgan fingerprint density at radius 1 is 0.905 bits per heavy atom. The molecule has 2 saturated heterocycles. The first-order valence-electron chi connectivity index (χ1n) is 13.9. The Morgan fingerprint density at radius 2 is 1.55 bits per heavy atom. The van der Waals surface area contributed by atoms with Gasteiger partial charge in [0.05, 0.1) is 15.6 Å². The maximum Gasteiger partial charge on any atom is 0.419 e. The predicted octanol–water partition coefficient (Wildman–Crippen LogP) is 6.25. The number of rotatable bonds is 6. The van der Waals surface area contributed by atoms with Crippen LogP contribution in [0.2, 0.25) is 10.0 Å². The second-order valence-electron chi connectivity index (χ2n) is 10.7. The lowest BCUT2D eigenvalue weighted by Gasteiger charge is -2.38. The van der Waals surface area contributed by atoms with Gasteiger partial charge in [-0.3, -0.25) is 4.90 Å². The summed E-state index contributed by atoms with van der Waals surface area (Å²) in [5.41, 5.74) is -0.0569. The molecular formula is C29H35Cl2F4N5O2. The molecule has 13 heteroatoms. The zero-order valence-electron chi connectivity index (χ0n) is 23.8. The van der Waals surface area contributed by atoms with Crippen LogP contribution in [0, 0.1) is 5.82 Å². The number of nitrogens with zero attached hydrogens (tertiary/aromatic N) is 5. The molecule has 0 radical (unpaired) electrons. The Morgan fingerprint density at radius 3 is 2.12 bits per heavy atom. The fraction of sp³-hybridized carbons (Fsp3) is 0.517. The van der Waals surface area contributed by atoms with Crippen molar-refractivity contribution in [2.45, 2.75) is 38.5 Å². The maximum atomic E-state index is 14.3. The van der Waals surface area contributed by atoms with Crippen molar-refractivity contribution >= 4 is 35.3 Å². The summed E-state index contributed by atoms with van der Waals surface area (Å²) in [6.45, 7) is 7.69. The first kappa shape index (κ1) is 32.2. The van der Waals surface area contributed by atoms with Gasteiger partial charge in [0.1, 0.15) is 5.82 Å². The minimum atomic E-state index is -4.77. The Kier molecular flexibility index (Phi) is 10.2. The Labute approximate surface area is 253 Å². The van der Waals surface area contributed by atoms with Crippen molar-refractivity contribution in [2.24, 2.45) is 0 Å². The van der Waals surface area contributed by atoms with Crippen LogP contribution >= 0.6 is 23.2 Å². The zero-order chi connectivity index (χ0) is 30.8. The summed E-state index contributed by atoms with van der Waals surface area (Å²) in [5.74, 6) is -1.50. The summed E-state index contributed by atoms with van der Waals surface area (Å²) in [6, 6.07) is 7.82. The molecular weight excluding hydrogens is 597 g/mol. The fourth-order valence-electron chi connectivity index (χ4n) is 5.74. The lowest BCUT2D eigenvalue weighted by atomic mass is 9.93. The molecule has 2 aromatic rings. The molecule has 2 atom stereocenters. The molecule has 0 bridgehead atoms. The summed E-state index contributed by atoms with van der Waals surface area (Å²) >= 11 is 12.5. The summed E-state index contributed by atoms with van der Waals surface area (Å²) in [5, 5.41) is 0.771. The molecule has 4 amide bonds. The second-order valence-corrected chi connectivity index (χ2v) is 11.5. The molecule has 0 spiro atoms. The SMILES string of the molecule is CCN(CC)C(=O)N1CCN(C(=O)N2CC(c3ccc(Cl)c(Cl)c3)C(N(C)Cc3ccc(C(F)(F)F)c(F)c3)C2)CC1. The third-order valence-corrected chi connectivity index (χ3v) is 8.86. The molecule has 2 fully saturated rings. The van der Waals surface area contributed by atoms with Gasteiger partial charge in [-0.25, -0.2) is 14.0 Å². The van der Waals surface area contributed by atoms with E-state index in [0.29, 0.717) is 68.0 Å². The van der Waals surface area contributed by atoms with Crippen LogP contribution in [0.5, 0.6) is 0 Å². The molecule has 2 aliphatic rings. The van der Waals surface area contributed by atoms with Gasteiger partial charge >= 0.3 is 18.2 Å². The average Bonchev–Trinajstić information content (AvgIpc) is 3.40. The number of benzene rings is 2. The molecule has 42 heavy (non-hydrogen) atoms. The first-order chi connectivity index (χ1) is 19.8. The predicted molar refractivity (Wildman–Crippen MR) is 154 cm³/mol. The van der Waals surface area contributed by atoms with Crippen LogP contribution in [-0.4, -0.2) is 102 Å². The van der Waals surface area contributed by atoms with E-state index in [1.54, 1.807) is 38.8 Å². The Bertz CT molecular complexity index is 1290. The topological polar surface area (TPSA) is 50.3 Å². The van der Waals surface area contributed by atoms with E-state index in [9.17, 15) is 27.2 Å². The molecule has 230 valence electrons. The van der Waals surface area contributed by atoms with Gasteiger partial charge in [0.15, 0.2) is 0 Å². The highest BCUT2D eigenvalue weighted by atomic mass is 35.5. The molecule has 2 aromatic carbocycles. The lowest BCUT2D eigenvalue weighted by Crippen LogP contribution is -2.56. The number of carbonyl (C=O) groups excluding carboxylic acids is 2. The largest absolute Gasteiger partial charge is 0.419 e. The van der Waals surface area contributed by atoms with Crippen molar-refractivity contribution in [3.8, 4) is 0 Å². The second kappa shape index (κ2) is 13.3. The fourth-order valence-corrected chi connectivity index (χ4v) is 6.04. The number of carbonyl (C=O) groups is 2. The van der Waals surface area contributed by atoms with Crippen molar-refractivity contribution in [1.82, 2.24) is 24.5 Å². The van der Waals surface area contributed by atoms with E-state index in [2.05, 4.69) is 0 Å². The lowest BCUT2D eigenvalue weighted by molar-refractivity contribution is -0.140. The van der Waals surface area contributed by atoms with E-state index in [-0.39, 0.29) is 30.6 Å². The smallest absolute Gasteiger partial charge is 0.325 e. The number of halogens is 6. The van der Waals surface area contributed by atoms with Crippen molar-refractivity contribution in [2.75, 3.05) is 59.4 Å². The standard InChI is InChI=1S/C29H35Cl2F4N5O2/c1-4-37(5-2)27(41)38-10-12-39(13-11-38)28(42)40-17-21(20-7-9-23(30)24(31)15-20)26(18-40)36(3)16-19-6-8-22(25(32)14-19)29(33,34)35/h6-9,14-15,21,26H,4-5,10-13,16-18H2,1-3H3. The number of hydrogen-bond acceptors (Lipinski definition) is 3. The number of likely N-dealkylation sites (tertiary alicyclic amines) is 1. The minimum absolute atomic E-state index is 0.0330. The molecule has 0 N–H and O–H groups in total. The molecule has 2 unspecified atom stereocenters. The van der Waals surface area contributed by atoms with E-state index in [4.69, 9.17) is 23.2 Å². The molecule has 0 saturated carbocycles. The number of urea groups is 2. The highest BCUT2D eigenvalue weighted by Gasteiger charge is 2.41. The highest BCUT2D eigenvalue weighted by molar-refractivity contribution is 6.42. The van der Waals surface area contributed by atoms with Crippen LogP contribution in [0.1, 0.15) is 36.5 Å². The quantitative estimate of drug-likeness (QED) is 0.354. The van der Waals surface area contributed by atoms with Crippen LogP contribution in [0.15, 0.2) is 36.4 Å². The van der Waals surface area contributed by atoms with Gasteiger partial charge < -0.3 is 19.6 Å². The molecule has 4 rings (SSSR count). The third kappa shape index (κ3) is 7.06. The summed E-state index contributed by atoms with van der Waals surface area (Å²) in [4.78, 5) is 35.3. The van der Waals surface area contributed by atoms with Crippen LogP contribution in [-0.2, 0) is 12.7 Å². The summed E-state index contributed by atoms with van der Waals surface area (Å²) in [6.07, 6.45) is -4.77. The normalized spacial score (nSPS) is 19.5. The van der Waals surface area contributed by atoms with Gasteiger partial charge in [0, 0.05) is 70.9 Å². The van der Waals surface area contributed by atoms with Gasteiger partial charge in [0.25, 0.3) is 0 Å². The monoisotopic (exact) mass is 631 g/mol.